The van der Waals surface area contributed by atoms with Gasteiger partial charge in [0.15, 0.2) is 0 Å². The molecule has 0 bridgehead atoms. The van der Waals surface area contributed by atoms with Crippen molar-refractivity contribution < 1.29 is 29.4 Å². The van der Waals surface area contributed by atoms with Crippen molar-refractivity contribution in [2.75, 3.05) is 25.6 Å². The third-order valence-corrected chi connectivity index (χ3v) is 4.97. The quantitative estimate of drug-likeness (QED) is 0.171. The molecular formula is C11H13N3O8S2. The molecule has 11 nitrogen and oxygen atoms in total. The van der Waals surface area contributed by atoms with Crippen molar-refractivity contribution in [3.8, 4) is 0 Å². The second-order valence-corrected chi connectivity index (χ2v) is 6.74. The lowest BCUT2D eigenvalue weighted by Crippen LogP contribution is -2.22. The molecule has 0 spiro atoms. The lowest BCUT2D eigenvalue weighted by molar-refractivity contribution is -0.765. The number of carbonyl (C=O) groups is 1. The highest BCUT2D eigenvalue weighted by molar-refractivity contribution is 8.77. The minimum Gasteiger partial charge on any atom is -0.461 e. The van der Waals surface area contributed by atoms with E-state index in [4.69, 9.17) is 4.74 Å². The molecule has 0 aliphatic carbocycles. The van der Waals surface area contributed by atoms with Crippen LogP contribution in [-0.4, -0.2) is 51.9 Å². The Labute approximate surface area is 143 Å². The number of rotatable bonds is 12. The second-order valence-electron chi connectivity index (χ2n) is 3.96. The first kappa shape index (κ1) is 19.8. The Balaban J connectivity index is 2.24. The maximum Gasteiger partial charge on any atom is 0.339 e. The summed E-state index contributed by atoms with van der Waals surface area (Å²) in [6.45, 7) is -0.605. The summed E-state index contributed by atoms with van der Waals surface area (Å²) in [6, 6.07) is 3.17. The smallest absolute Gasteiger partial charge is 0.339 e. The number of esters is 1. The Kier molecular flexibility index (Phi) is 9.29. The Bertz CT molecular complexity index is 529. The molecule has 1 aromatic rings. The van der Waals surface area contributed by atoms with Crippen molar-refractivity contribution in [3.63, 3.8) is 0 Å². The van der Waals surface area contributed by atoms with E-state index < -0.39 is 21.4 Å². The lowest BCUT2D eigenvalue weighted by atomic mass is 10.3. The third-order valence-electron chi connectivity index (χ3n) is 2.23. The maximum atomic E-state index is 11.6. The largest absolute Gasteiger partial charge is 0.461 e. The molecule has 1 aromatic heterocycles. The van der Waals surface area contributed by atoms with Gasteiger partial charge in [-0.05, 0) is 12.1 Å². The first-order valence-electron chi connectivity index (χ1n) is 6.39. The topological polar surface area (TPSA) is 144 Å². The van der Waals surface area contributed by atoms with E-state index in [9.17, 15) is 25.0 Å². The van der Waals surface area contributed by atoms with Crippen LogP contribution in [0.15, 0.2) is 24.5 Å². The molecule has 0 aliphatic heterocycles. The van der Waals surface area contributed by atoms with E-state index in [0.29, 0.717) is 11.3 Å². The molecule has 0 radical (unpaired) electrons. The van der Waals surface area contributed by atoms with E-state index in [1.807, 2.05) is 0 Å². The fraction of sp³-hybridized carbons (Fsp3) is 0.455. The van der Waals surface area contributed by atoms with Crippen LogP contribution >= 0.6 is 21.6 Å². The fourth-order valence-corrected chi connectivity index (χ4v) is 3.35. The van der Waals surface area contributed by atoms with Crippen molar-refractivity contribution in [2.45, 2.75) is 5.25 Å². The summed E-state index contributed by atoms with van der Waals surface area (Å²) < 4.78 is 5.01. The number of hydrogen-bond donors (Lipinski definition) is 0. The van der Waals surface area contributed by atoms with Gasteiger partial charge >= 0.3 is 5.97 Å². The highest BCUT2D eigenvalue weighted by atomic mass is 33.1. The zero-order valence-corrected chi connectivity index (χ0v) is 13.8. The summed E-state index contributed by atoms with van der Waals surface area (Å²) in [5, 5.41) is 17.7. The van der Waals surface area contributed by atoms with Crippen LogP contribution in [0, 0.1) is 20.2 Å². The molecule has 0 amide bonds. The van der Waals surface area contributed by atoms with Gasteiger partial charge in [0.2, 0.25) is 0 Å². The zero-order chi connectivity index (χ0) is 17.8. The van der Waals surface area contributed by atoms with E-state index in [-0.39, 0.29) is 19.8 Å². The highest BCUT2D eigenvalue weighted by Gasteiger charge is 2.15. The second kappa shape index (κ2) is 11.3. The minimum absolute atomic E-state index is 0.101. The van der Waals surface area contributed by atoms with Crippen LogP contribution < -0.4 is 0 Å². The molecule has 1 heterocycles. The zero-order valence-electron chi connectivity index (χ0n) is 12.1. The molecule has 0 atom stereocenters. The van der Waals surface area contributed by atoms with E-state index in [0.717, 1.165) is 10.8 Å². The fourth-order valence-electron chi connectivity index (χ4n) is 1.27. The molecule has 0 unspecified atom stereocenters. The van der Waals surface area contributed by atoms with Crippen LogP contribution in [0.25, 0.3) is 0 Å². The van der Waals surface area contributed by atoms with Crippen LogP contribution in [0.3, 0.4) is 0 Å². The molecular weight excluding hydrogens is 366 g/mol. The van der Waals surface area contributed by atoms with Crippen LogP contribution in [0.2, 0.25) is 0 Å². The summed E-state index contributed by atoms with van der Waals surface area (Å²) in [5.74, 6) is -0.136. The number of nitrogens with zero attached hydrogens (tertiary/aromatic N) is 3. The van der Waals surface area contributed by atoms with Gasteiger partial charge < -0.3 is 14.4 Å². The van der Waals surface area contributed by atoms with E-state index >= 15 is 0 Å². The van der Waals surface area contributed by atoms with Gasteiger partial charge in [0.25, 0.3) is 10.2 Å². The van der Waals surface area contributed by atoms with Crippen molar-refractivity contribution in [1.29, 1.82) is 0 Å². The molecule has 132 valence electrons. The first-order valence-corrected chi connectivity index (χ1v) is 8.77. The summed E-state index contributed by atoms with van der Waals surface area (Å²) in [6.07, 6.45) is 2.91. The van der Waals surface area contributed by atoms with Gasteiger partial charge in [-0.3, -0.25) is 4.98 Å². The van der Waals surface area contributed by atoms with Crippen LogP contribution in [0.1, 0.15) is 10.4 Å². The Morgan fingerprint density at radius 1 is 1.25 bits per heavy atom. The molecule has 13 heteroatoms. The molecule has 24 heavy (non-hydrogen) atoms. The summed E-state index contributed by atoms with van der Waals surface area (Å²) in [4.78, 5) is 44.1. The van der Waals surface area contributed by atoms with Crippen molar-refractivity contribution in [1.82, 2.24) is 4.98 Å². The molecule has 0 saturated carbocycles. The van der Waals surface area contributed by atoms with E-state index in [1.165, 1.54) is 23.2 Å². The van der Waals surface area contributed by atoms with Crippen LogP contribution in [-0.2, 0) is 14.4 Å². The summed E-state index contributed by atoms with van der Waals surface area (Å²) in [7, 11) is 2.33. The SMILES string of the molecule is O=C(OCCSSC(CO[N+](=O)[O-])CO[N+](=O)[O-])c1cccnc1. The predicted molar refractivity (Wildman–Crippen MR) is 84.2 cm³/mol. The van der Waals surface area contributed by atoms with E-state index in [1.54, 1.807) is 12.1 Å². The molecule has 0 fully saturated rings. The molecule has 1 rings (SSSR count). The van der Waals surface area contributed by atoms with Gasteiger partial charge in [-0.15, -0.1) is 20.2 Å². The van der Waals surface area contributed by atoms with Crippen molar-refractivity contribution in [3.05, 3.63) is 50.3 Å². The minimum atomic E-state index is -0.986. The molecule has 0 aliphatic rings. The molecule has 0 saturated heterocycles. The number of carbonyl (C=O) groups excluding carboxylic acids is 1. The third kappa shape index (κ3) is 8.99. The van der Waals surface area contributed by atoms with Crippen LogP contribution in [0.4, 0.5) is 0 Å². The predicted octanol–water partition coefficient (Wildman–Crippen LogP) is 1.41. The van der Waals surface area contributed by atoms with Gasteiger partial charge in [-0.2, -0.15) is 0 Å². The summed E-state index contributed by atoms with van der Waals surface area (Å²) >= 11 is 0. The lowest BCUT2D eigenvalue weighted by Gasteiger charge is -2.13. The highest BCUT2D eigenvalue weighted by Crippen LogP contribution is 2.27. The molecule has 0 aromatic carbocycles. The number of aromatic nitrogens is 1. The number of ether oxygens (including phenoxy) is 1. The number of hydrogen-bond acceptors (Lipinski definition) is 11. The Hall–Kier alpha value is -2.28. The van der Waals surface area contributed by atoms with Gasteiger partial charge in [0.05, 0.1) is 10.8 Å². The average Bonchev–Trinajstić information content (AvgIpc) is 2.56. The van der Waals surface area contributed by atoms with Crippen molar-refractivity contribution in [2.24, 2.45) is 0 Å². The summed E-state index contributed by atoms with van der Waals surface area (Å²) in [5.41, 5.74) is 0.326. The van der Waals surface area contributed by atoms with Crippen molar-refractivity contribution >= 4 is 27.6 Å². The van der Waals surface area contributed by atoms with E-state index in [2.05, 4.69) is 14.7 Å². The Morgan fingerprint density at radius 3 is 2.46 bits per heavy atom. The van der Waals surface area contributed by atoms with Gasteiger partial charge in [-0.1, -0.05) is 21.6 Å². The van der Waals surface area contributed by atoms with Gasteiger partial charge in [0.1, 0.15) is 19.8 Å². The normalized spacial score (nSPS) is 10.2. The average molecular weight is 379 g/mol. The van der Waals surface area contributed by atoms with Crippen LogP contribution in [0.5, 0.6) is 0 Å². The van der Waals surface area contributed by atoms with Gasteiger partial charge in [0, 0.05) is 18.1 Å². The molecule has 0 N–H and O–H groups in total. The Morgan fingerprint density at radius 2 is 1.92 bits per heavy atom. The number of pyridine rings is 1. The first-order chi connectivity index (χ1) is 11.5. The monoisotopic (exact) mass is 379 g/mol. The maximum absolute atomic E-state index is 11.6. The van der Waals surface area contributed by atoms with Gasteiger partial charge in [-0.25, -0.2) is 4.79 Å². The standard InChI is InChI=1S/C11H13N3O8S2/c15-11(9-2-1-3-12-6-9)20-4-5-23-24-10(7-21-13(16)17)8-22-14(18)19/h1-3,6,10H,4-5,7-8H2.